The van der Waals surface area contributed by atoms with Crippen LogP contribution in [0.2, 0.25) is 0 Å². The van der Waals surface area contributed by atoms with Crippen LogP contribution in [0.25, 0.3) is 0 Å². The van der Waals surface area contributed by atoms with Crippen molar-refractivity contribution in [3.8, 4) is 0 Å². The van der Waals surface area contributed by atoms with Crippen LogP contribution < -0.4 is 0 Å². The Morgan fingerprint density at radius 2 is 1.19 bits per heavy atom. The Kier molecular flexibility index (Phi) is 4.53. The van der Waals surface area contributed by atoms with Crippen LogP contribution in [0.5, 0.6) is 0 Å². The molecule has 2 aliphatic heterocycles. The van der Waals surface area contributed by atoms with E-state index in [9.17, 15) is 29.1 Å². The standard InChI is InChI=1S/C24H30N2O6/c27-20-16-11-4-5-12(9-11)17(16)21(28)25(20)8-2-1-3-15(24(31)32)26-22(29)18-13-6-7-14(10-13)19(18)23(26)30/h11-19H,1-10H2,(H,31,32). The Bertz CT molecular complexity index is 860. The van der Waals surface area contributed by atoms with Gasteiger partial charge in [0.15, 0.2) is 0 Å². The largest absolute Gasteiger partial charge is 0.480 e. The summed E-state index contributed by atoms with van der Waals surface area (Å²) in [5.74, 6) is -1.61. The van der Waals surface area contributed by atoms with Crippen LogP contribution in [0.4, 0.5) is 0 Å². The first-order chi connectivity index (χ1) is 15.4. The van der Waals surface area contributed by atoms with Gasteiger partial charge in [0, 0.05) is 6.54 Å². The molecule has 2 saturated heterocycles. The third-order valence-electron chi connectivity index (χ3n) is 9.69. The molecule has 4 aliphatic carbocycles. The zero-order valence-electron chi connectivity index (χ0n) is 18.2. The average Bonchev–Trinajstić information content (AvgIpc) is 3.58. The van der Waals surface area contributed by atoms with Crippen LogP contribution in [0.1, 0.15) is 57.8 Å². The van der Waals surface area contributed by atoms with E-state index in [-0.39, 0.29) is 65.6 Å². The van der Waals surface area contributed by atoms with Crippen LogP contribution in [0.3, 0.4) is 0 Å². The van der Waals surface area contributed by atoms with Crippen molar-refractivity contribution >= 4 is 29.6 Å². The van der Waals surface area contributed by atoms with E-state index in [1.807, 2.05) is 0 Å². The Hall–Kier alpha value is -2.25. The lowest BCUT2D eigenvalue weighted by atomic mass is 9.81. The van der Waals surface area contributed by atoms with E-state index in [2.05, 4.69) is 0 Å². The lowest BCUT2D eigenvalue weighted by molar-refractivity contribution is -0.155. The van der Waals surface area contributed by atoms with E-state index in [4.69, 9.17) is 0 Å². The number of hydrogen-bond acceptors (Lipinski definition) is 5. The summed E-state index contributed by atoms with van der Waals surface area (Å²) in [4.78, 5) is 66.0. The molecule has 4 bridgehead atoms. The minimum absolute atomic E-state index is 0.0461. The van der Waals surface area contributed by atoms with Gasteiger partial charge in [0.2, 0.25) is 23.6 Å². The number of carbonyl (C=O) groups excluding carboxylic acids is 4. The van der Waals surface area contributed by atoms with Gasteiger partial charge in [0.05, 0.1) is 23.7 Å². The van der Waals surface area contributed by atoms with Gasteiger partial charge in [-0.2, -0.15) is 0 Å². The highest BCUT2D eigenvalue weighted by atomic mass is 16.4. The molecular weight excluding hydrogens is 412 g/mol. The minimum Gasteiger partial charge on any atom is -0.480 e. The number of hydrogen-bond donors (Lipinski definition) is 1. The van der Waals surface area contributed by atoms with Crippen LogP contribution in [0, 0.1) is 47.3 Å². The van der Waals surface area contributed by atoms with Gasteiger partial charge in [-0.05, 0) is 81.5 Å². The highest BCUT2D eigenvalue weighted by Gasteiger charge is 2.63. The second kappa shape index (κ2) is 7.12. The summed E-state index contributed by atoms with van der Waals surface area (Å²) in [5, 5.41) is 9.78. The third kappa shape index (κ3) is 2.64. The number of aliphatic carboxylic acids is 1. The van der Waals surface area contributed by atoms with Crippen molar-refractivity contribution in [3.05, 3.63) is 0 Å². The fourth-order valence-electron chi connectivity index (χ4n) is 8.40. The summed E-state index contributed by atoms with van der Waals surface area (Å²) in [6.07, 6.45) is 7.01. The Labute approximate surface area is 186 Å². The van der Waals surface area contributed by atoms with Gasteiger partial charge in [-0.1, -0.05) is 0 Å². The van der Waals surface area contributed by atoms with Gasteiger partial charge in [-0.3, -0.25) is 29.0 Å². The molecule has 6 fully saturated rings. The molecular formula is C24H30N2O6. The van der Waals surface area contributed by atoms with Gasteiger partial charge in [0.1, 0.15) is 6.04 Å². The maximum Gasteiger partial charge on any atom is 0.326 e. The SMILES string of the molecule is O=C(O)C(CCCCN1C(=O)C2C3CCC(C3)C2C1=O)N1C(=O)C2C3CCC(C3)C2C1=O. The molecule has 1 N–H and O–H groups in total. The van der Waals surface area contributed by atoms with Crippen molar-refractivity contribution in [1.82, 2.24) is 9.80 Å². The second-order valence-electron chi connectivity index (χ2n) is 11.0. The number of carboxylic acids is 1. The first-order valence-electron chi connectivity index (χ1n) is 12.3. The van der Waals surface area contributed by atoms with Crippen molar-refractivity contribution in [3.63, 3.8) is 0 Å². The van der Waals surface area contributed by atoms with E-state index in [0.717, 1.165) is 43.4 Å². The van der Waals surface area contributed by atoms with Gasteiger partial charge in [-0.15, -0.1) is 0 Å². The predicted octanol–water partition coefficient (Wildman–Crippen LogP) is 1.67. The minimum atomic E-state index is -1.15. The second-order valence-corrected chi connectivity index (χ2v) is 11.0. The summed E-state index contributed by atoms with van der Waals surface area (Å²) in [7, 11) is 0. The maximum atomic E-state index is 13.0. The quantitative estimate of drug-likeness (QED) is 0.474. The molecule has 0 aromatic heterocycles. The van der Waals surface area contributed by atoms with Crippen LogP contribution >= 0.6 is 0 Å². The number of carbonyl (C=O) groups is 5. The number of imide groups is 2. The lowest BCUT2D eigenvalue weighted by Crippen LogP contribution is -2.46. The van der Waals surface area contributed by atoms with Gasteiger partial charge in [0.25, 0.3) is 0 Å². The number of nitrogens with zero attached hydrogens (tertiary/aromatic N) is 2. The fourth-order valence-corrected chi connectivity index (χ4v) is 8.40. The van der Waals surface area contributed by atoms with Crippen molar-refractivity contribution in [2.24, 2.45) is 47.3 Å². The molecule has 6 rings (SSSR count). The number of unbranched alkanes of at least 4 members (excludes halogenated alkanes) is 1. The molecule has 8 nitrogen and oxygen atoms in total. The normalized spacial score (nSPS) is 42.4. The molecule has 0 aromatic rings. The Balaban J connectivity index is 1.08. The average molecular weight is 443 g/mol. The molecule has 4 amide bonds. The smallest absolute Gasteiger partial charge is 0.326 e. The molecule has 0 spiro atoms. The topological polar surface area (TPSA) is 112 Å². The molecule has 9 atom stereocenters. The summed E-state index contributed by atoms with van der Waals surface area (Å²) >= 11 is 0. The first-order valence-corrected chi connectivity index (χ1v) is 12.3. The number of likely N-dealkylation sites (tertiary alicyclic amines) is 2. The van der Waals surface area contributed by atoms with Crippen LogP contribution in [-0.4, -0.2) is 57.1 Å². The highest BCUT2D eigenvalue weighted by Crippen LogP contribution is 2.57. The summed E-state index contributed by atoms with van der Waals surface area (Å²) in [6.45, 7) is 0.299. The number of fused-ring (bicyclic) bond motifs is 10. The zero-order chi connectivity index (χ0) is 22.3. The molecule has 4 saturated carbocycles. The van der Waals surface area contributed by atoms with Gasteiger partial charge in [-0.25, -0.2) is 4.79 Å². The summed E-state index contributed by atoms with van der Waals surface area (Å²) < 4.78 is 0. The van der Waals surface area contributed by atoms with E-state index in [0.29, 0.717) is 31.2 Å². The molecule has 172 valence electrons. The molecule has 0 aromatic carbocycles. The van der Waals surface area contributed by atoms with Crippen molar-refractivity contribution in [1.29, 1.82) is 0 Å². The molecule has 9 unspecified atom stereocenters. The third-order valence-corrected chi connectivity index (χ3v) is 9.69. The van der Waals surface area contributed by atoms with E-state index >= 15 is 0 Å². The maximum absolute atomic E-state index is 13.0. The fraction of sp³-hybridized carbons (Fsp3) is 0.792. The van der Waals surface area contributed by atoms with Crippen molar-refractivity contribution in [2.75, 3.05) is 6.54 Å². The molecule has 8 heteroatoms. The van der Waals surface area contributed by atoms with E-state index in [1.165, 1.54) is 4.90 Å². The molecule has 0 radical (unpaired) electrons. The Morgan fingerprint density at radius 1 is 0.750 bits per heavy atom. The van der Waals surface area contributed by atoms with E-state index in [1.54, 1.807) is 0 Å². The number of rotatable bonds is 7. The Morgan fingerprint density at radius 3 is 1.62 bits per heavy atom. The molecule has 6 aliphatic rings. The molecule has 2 heterocycles. The highest BCUT2D eigenvalue weighted by molar-refractivity contribution is 6.08. The number of amides is 4. The van der Waals surface area contributed by atoms with Crippen LogP contribution in [-0.2, 0) is 24.0 Å². The summed E-state index contributed by atoms with van der Waals surface area (Å²) in [6, 6.07) is -1.15. The lowest BCUT2D eigenvalue weighted by Gasteiger charge is -2.25. The van der Waals surface area contributed by atoms with Gasteiger partial charge < -0.3 is 5.11 Å². The van der Waals surface area contributed by atoms with Crippen molar-refractivity contribution < 1.29 is 29.1 Å². The predicted molar refractivity (Wildman–Crippen MR) is 109 cm³/mol. The van der Waals surface area contributed by atoms with Gasteiger partial charge >= 0.3 is 5.97 Å². The number of carboxylic acid groups (broad SMARTS) is 1. The van der Waals surface area contributed by atoms with Crippen LogP contribution in [0.15, 0.2) is 0 Å². The zero-order valence-corrected chi connectivity index (χ0v) is 18.2. The van der Waals surface area contributed by atoms with Crippen molar-refractivity contribution in [2.45, 2.75) is 63.8 Å². The monoisotopic (exact) mass is 442 g/mol. The van der Waals surface area contributed by atoms with E-state index < -0.39 is 12.0 Å². The summed E-state index contributed by atoms with van der Waals surface area (Å²) in [5.41, 5.74) is 0. The molecule has 32 heavy (non-hydrogen) atoms. The first kappa shape index (κ1) is 20.4.